The summed E-state index contributed by atoms with van der Waals surface area (Å²) in [5.41, 5.74) is -0.576. The lowest BCUT2D eigenvalue weighted by Crippen LogP contribution is -2.48. The van der Waals surface area contributed by atoms with E-state index in [1.165, 1.54) is 38.6 Å². The average molecular weight is 253 g/mol. The van der Waals surface area contributed by atoms with Crippen LogP contribution in [0.3, 0.4) is 0 Å². The second-order valence-corrected chi connectivity index (χ2v) is 6.65. The van der Waals surface area contributed by atoms with Crippen molar-refractivity contribution in [3.05, 3.63) is 0 Å². The number of carboxylic acids is 1. The van der Waals surface area contributed by atoms with Crippen molar-refractivity contribution >= 4 is 5.97 Å². The summed E-state index contributed by atoms with van der Waals surface area (Å²) in [5.74, 6) is -0.330. The molecular weight excluding hydrogens is 226 g/mol. The van der Waals surface area contributed by atoms with E-state index in [9.17, 15) is 9.90 Å². The predicted octanol–water partition coefficient (Wildman–Crippen LogP) is 3.14. The van der Waals surface area contributed by atoms with Crippen LogP contribution in [0.2, 0.25) is 0 Å². The van der Waals surface area contributed by atoms with Crippen LogP contribution < -0.4 is 0 Å². The largest absolute Gasteiger partial charge is 0.481 e. The van der Waals surface area contributed by atoms with Gasteiger partial charge >= 0.3 is 5.97 Å². The molecule has 2 rings (SSSR count). The molecule has 1 unspecified atom stereocenters. The highest BCUT2D eigenvalue weighted by Crippen LogP contribution is 2.36. The number of aliphatic carboxylic acids is 1. The zero-order valence-corrected chi connectivity index (χ0v) is 11.8. The number of nitrogens with zero attached hydrogens (tertiary/aromatic N) is 1. The molecule has 1 heterocycles. The smallest absolute Gasteiger partial charge is 0.309 e. The van der Waals surface area contributed by atoms with Gasteiger partial charge in [0.05, 0.1) is 5.41 Å². The van der Waals surface area contributed by atoms with Crippen LogP contribution in [0.1, 0.15) is 58.8 Å². The molecule has 3 heteroatoms. The predicted molar refractivity (Wildman–Crippen MR) is 72.6 cm³/mol. The molecule has 18 heavy (non-hydrogen) atoms. The van der Waals surface area contributed by atoms with E-state index < -0.39 is 11.4 Å². The van der Waals surface area contributed by atoms with Crippen LogP contribution in [0.25, 0.3) is 0 Å². The summed E-state index contributed by atoms with van der Waals surface area (Å²) in [7, 11) is 0. The van der Waals surface area contributed by atoms with Crippen molar-refractivity contribution in [2.24, 2.45) is 11.3 Å². The molecule has 104 valence electrons. The van der Waals surface area contributed by atoms with Crippen molar-refractivity contribution in [2.75, 3.05) is 13.1 Å². The summed E-state index contributed by atoms with van der Waals surface area (Å²) < 4.78 is 0. The molecule has 1 saturated carbocycles. The van der Waals surface area contributed by atoms with Crippen molar-refractivity contribution in [1.82, 2.24) is 4.90 Å². The Balaban J connectivity index is 1.97. The van der Waals surface area contributed by atoms with Crippen molar-refractivity contribution in [2.45, 2.75) is 64.8 Å². The molecule has 1 aliphatic heterocycles. The topological polar surface area (TPSA) is 40.5 Å². The fraction of sp³-hybridized carbons (Fsp3) is 0.933. The second kappa shape index (κ2) is 5.60. The third kappa shape index (κ3) is 2.87. The van der Waals surface area contributed by atoms with Crippen molar-refractivity contribution in [1.29, 1.82) is 0 Å². The van der Waals surface area contributed by atoms with Gasteiger partial charge in [0.2, 0.25) is 0 Å². The standard InChI is InChI=1S/C15H27NO2/c1-15(2,14(17)18)12-7-6-10-16(11-12)13-8-4-3-5-9-13/h12-13H,3-11H2,1-2H3,(H,17,18). The maximum absolute atomic E-state index is 11.4. The fourth-order valence-corrected chi connectivity index (χ4v) is 3.55. The molecular formula is C15H27NO2. The summed E-state index contributed by atoms with van der Waals surface area (Å²) in [6, 6.07) is 0.728. The maximum atomic E-state index is 11.4. The Kier molecular flexibility index (Phi) is 4.31. The molecule has 2 aliphatic rings. The van der Waals surface area contributed by atoms with Gasteiger partial charge in [-0.05, 0) is 52.0 Å². The molecule has 1 saturated heterocycles. The van der Waals surface area contributed by atoms with E-state index in [0.29, 0.717) is 5.92 Å². The Morgan fingerprint density at radius 1 is 1.11 bits per heavy atom. The monoisotopic (exact) mass is 253 g/mol. The molecule has 0 amide bonds. The SMILES string of the molecule is CC(C)(C(=O)O)C1CCCN(C2CCCCC2)C1. The van der Waals surface area contributed by atoms with Crippen LogP contribution in [0.4, 0.5) is 0 Å². The summed E-state index contributed by atoms with van der Waals surface area (Å²) >= 11 is 0. The van der Waals surface area contributed by atoms with E-state index in [1.807, 2.05) is 13.8 Å². The van der Waals surface area contributed by atoms with Gasteiger partial charge in [-0.15, -0.1) is 0 Å². The van der Waals surface area contributed by atoms with Gasteiger partial charge in [-0.3, -0.25) is 4.79 Å². The third-order valence-electron chi connectivity index (χ3n) is 5.12. The van der Waals surface area contributed by atoms with E-state index in [4.69, 9.17) is 0 Å². The van der Waals surface area contributed by atoms with Gasteiger partial charge in [-0.1, -0.05) is 19.3 Å². The molecule has 1 aliphatic carbocycles. The van der Waals surface area contributed by atoms with Gasteiger partial charge < -0.3 is 10.0 Å². The third-order valence-corrected chi connectivity index (χ3v) is 5.12. The van der Waals surface area contributed by atoms with E-state index in [1.54, 1.807) is 0 Å². The molecule has 0 bridgehead atoms. The van der Waals surface area contributed by atoms with E-state index >= 15 is 0 Å². The first-order valence-electron chi connectivity index (χ1n) is 7.49. The lowest BCUT2D eigenvalue weighted by Gasteiger charge is -2.43. The van der Waals surface area contributed by atoms with Crippen molar-refractivity contribution < 1.29 is 9.90 Å². The first-order chi connectivity index (χ1) is 8.51. The quantitative estimate of drug-likeness (QED) is 0.840. The second-order valence-electron chi connectivity index (χ2n) is 6.65. The molecule has 0 radical (unpaired) electrons. The minimum Gasteiger partial charge on any atom is -0.481 e. The number of hydrogen-bond acceptors (Lipinski definition) is 2. The fourth-order valence-electron chi connectivity index (χ4n) is 3.55. The first-order valence-corrected chi connectivity index (χ1v) is 7.49. The normalized spacial score (nSPS) is 28.2. The van der Waals surface area contributed by atoms with Gasteiger partial charge in [0.15, 0.2) is 0 Å². The minimum absolute atomic E-state index is 0.311. The number of carbonyl (C=O) groups is 1. The van der Waals surface area contributed by atoms with Crippen molar-refractivity contribution in [3.63, 3.8) is 0 Å². The molecule has 1 atom stereocenters. The molecule has 2 fully saturated rings. The Hall–Kier alpha value is -0.570. The number of likely N-dealkylation sites (tertiary alicyclic amines) is 1. The van der Waals surface area contributed by atoms with Gasteiger partial charge in [0.1, 0.15) is 0 Å². The number of hydrogen-bond donors (Lipinski definition) is 1. The van der Waals surface area contributed by atoms with Crippen LogP contribution in [0.15, 0.2) is 0 Å². The van der Waals surface area contributed by atoms with E-state index in [0.717, 1.165) is 25.4 Å². The highest BCUT2D eigenvalue weighted by atomic mass is 16.4. The van der Waals surface area contributed by atoms with E-state index in [2.05, 4.69) is 4.90 Å². The molecule has 0 aromatic heterocycles. The van der Waals surface area contributed by atoms with Gasteiger partial charge in [0, 0.05) is 12.6 Å². The van der Waals surface area contributed by atoms with E-state index in [-0.39, 0.29) is 0 Å². The number of rotatable bonds is 3. The number of piperidine rings is 1. The Bertz CT molecular complexity index is 295. The minimum atomic E-state index is -0.641. The Morgan fingerprint density at radius 3 is 2.39 bits per heavy atom. The highest BCUT2D eigenvalue weighted by molar-refractivity contribution is 5.74. The van der Waals surface area contributed by atoms with Crippen LogP contribution in [-0.2, 0) is 4.79 Å². The zero-order valence-electron chi connectivity index (χ0n) is 11.8. The van der Waals surface area contributed by atoms with Crippen LogP contribution in [-0.4, -0.2) is 35.1 Å². The molecule has 1 N–H and O–H groups in total. The van der Waals surface area contributed by atoms with Gasteiger partial charge in [-0.25, -0.2) is 0 Å². The number of carboxylic acid groups (broad SMARTS) is 1. The van der Waals surface area contributed by atoms with Gasteiger partial charge in [0.25, 0.3) is 0 Å². The Morgan fingerprint density at radius 2 is 1.78 bits per heavy atom. The Labute approximate surface area is 111 Å². The molecule has 0 aromatic carbocycles. The summed E-state index contributed by atoms with van der Waals surface area (Å²) in [6.45, 7) is 5.95. The van der Waals surface area contributed by atoms with Crippen LogP contribution >= 0.6 is 0 Å². The average Bonchev–Trinajstić information content (AvgIpc) is 2.40. The van der Waals surface area contributed by atoms with Crippen LogP contribution in [0, 0.1) is 11.3 Å². The summed E-state index contributed by atoms with van der Waals surface area (Å²) in [4.78, 5) is 14.0. The highest BCUT2D eigenvalue weighted by Gasteiger charge is 2.40. The molecule has 3 nitrogen and oxygen atoms in total. The maximum Gasteiger partial charge on any atom is 0.309 e. The summed E-state index contributed by atoms with van der Waals surface area (Å²) in [5, 5.41) is 9.37. The molecule has 0 aromatic rings. The molecule has 0 spiro atoms. The van der Waals surface area contributed by atoms with Crippen molar-refractivity contribution in [3.8, 4) is 0 Å². The zero-order chi connectivity index (χ0) is 13.2. The summed E-state index contributed by atoms with van der Waals surface area (Å²) in [6.07, 6.45) is 8.97. The lowest BCUT2D eigenvalue weighted by atomic mass is 9.74. The van der Waals surface area contributed by atoms with Crippen LogP contribution in [0.5, 0.6) is 0 Å². The lowest BCUT2D eigenvalue weighted by molar-refractivity contribution is -0.151. The first kappa shape index (κ1) is 13.9. The van der Waals surface area contributed by atoms with Gasteiger partial charge in [-0.2, -0.15) is 0 Å².